The maximum Gasteiger partial charge on any atom is 0.229 e. The highest BCUT2D eigenvalue weighted by Crippen LogP contribution is 2.42. The summed E-state index contributed by atoms with van der Waals surface area (Å²) in [6, 6.07) is 10.3. The molecule has 6 heteroatoms. The molecule has 0 bridgehead atoms. The first kappa shape index (κ1) is 18.2. The number of rotatable bonds is 3. The van der Waals surface area contributed by atoms with Gasteiger partial charge in [-0.2, -0.15) is 0 Å². The molecule has 2 aliphatic heterocycles. The van der Waals surface area contributed by atoms with Gasteiger partial charge in [-0.25, -0.2) is 9.97 Å². The number of carbonyl (C=O) groups excluding carboxylic acids is 1. The number of H-pyrrole nitrogens is 1. The summed E-state index contributed by atoms with van der Waals surface area (Å²) >= 11 is 0. The highest BCUT2D eigenvalue weighted by atomic mass is 16.2. The molecule has 1 amide bonds. The Morgan fingerprint density at radius 1 is 1.03 bits per heavy atom. The molecular weight excluding hydrogens is 362 g/mol. The standard InChI is InChI=1S/C23H27N5O/c1-16-13-17(2)26-22(25-16)27-10-7-23(8-11-27)9-12-28(21(23)29)15-18-14-24-20-6-4-3-5-19(18)20/h3-6,13-14,24H,7-12,15H2,1-2H3. The Kier molecular flexibility index (Phi) is 4.30. The number of nitrogens with zero attached hydrogens (tertiary/aromatic N) is 4. The van der Waals surface area contributed by atoms with Crippen LogP contribution < -0.4 is 4.90 Å². The van der Waals surface area contributed by atoms with E-state index in [2.05, 4.69) is 43.0 Å². The fourth-order valence-electron chi connectivity index (χ4n) is 4.96. The molecule has 6 nitrogen and oxygen atoms in total. The van der Waals surface area contributed by atoms with E-state index in [0.29, 0.717) is 12.5 Å². The van der Waals surface area contributed by atoms with E-state index in [4.69, 9.17) is 0 Å². The van der Waals surface area contributed by atoms with Gasteiger partial charge in [0.2, 0.25) is 11.9 Å². The molecule has 2 fully saturated rings. The van der Waals surface area contributed by atoms with Crippen LogP contribution in [-0.4, -0.2) is 45.4 Å². The zero-order valence-corrected chi connectivity index (χ0v) is 17.1. The van der Waals surface area contributed by atoms with Crippen LogP contribution in [-0.2, 0) is 11.3 Å². The molecule has 0 radical (unpaired) electrons. The van der Waals surface area contributed by atoms with Crippen LogP contribution in [0.3, 0.4) is 0 Å². The molecule has 3 aromatic rings. The average molecular weight is 390 g/mol. The fourth-order valence-corrected chi connectivity index (χ4v) is 4.96. The molecule has 5 rings (SSSR count). The Bertz CT molecular complexity index is 1040. The van der Waals surface area contributed by atoms with Crippen LogP contribution in [0.4, 0.5) is 5.95 Å². The second-order valence-corrected chi connectivity index (χ2v) is 8.55. The molecule has 1 N–H and O–H groups in total. The van der Waals surface area contributed by atoms with E-state index in [0.717, 1.165) is 61.7 Å². The van der Waals surface area contributed by atoms with Crippen molar-refractivity contribution in [2.24, 2.45) is 5.41 Å². The molecule has 2 aromatic heterocycles. The van der Waals surface area contributed by atoms with Gasteiger partial charge in [0.25, 0.3) is 0 Å². The van der Waals surface area contributed by atoms with Crippen molar-refractivity contribution in [3.05, 3.63) is 53.5 Å². The number of fused-ring (bicyclic) bond motifs is 1. The lowest BCUT2D eigenvalue weighted by Crippen LogP contribution is -2.45. The minimum Gasteiger partial charge on any atom is -0.361 e. The number of para-hydroxylation sites is 1. The molecule has 1 aromatic carbocycles. The molecule has 4 heterocycles. The number of aromatic amines is 1. The van der Waals surface area contributed by atoms with E-state index in [1.165, 1.54) is 10.9 Å². The highest BCUT2D eigenvalue weighted by Gasteiger charge is 2.48. The average Bonchev–Trinajstić information content (AvgIpc) is 3.25. The first-order valence-electron chi connectivity index (χ1n) is 10.5. The molecule has 29 heavy (non-hydrogen) atoms. The first-order chi connectivity index (χ1) is 14.0. The first-order valence-corrected chi connectivity index (χ1v) is 10.5. The number of amides is 1. The second kappa shape index (κ2) is 6.87. The van der Waals surface area contributed by atoms with Crippen molar-refractivity contribution in [1.82, 2.24) is 19.9 Å². The lowest BCUT2D eigenvalue weighted by molar-refractivity contribution is -0.137. The summed E-state index contributed by atoms with van der Waals surface area (Å²) in [7, 11) is 0. The minimum atomic E-state index is -0.207. The number of carbonyl (C=O) groups is 1. The lowest BCUT2D eigenvalue weighted by Gasteiger charge is -2.38. The van der Waals surface area contributed by atoms with Gasteiger partial charge >= 0.3 is 0 Å². The normalized spacial score (nSPS) is 18.9. The van der Waals surface area contributed by atoms with Gasteiger partial charge in [0.1, 0.15) is 0 Å². The summed E-state index contributed by atoms with van der Waals surface area (Å²) in [5.74, 6) is 1.13. The highest BCUT2D eigenvalue weighted by molar-refractivity contribution is 5.87. The maximum absolute atomic E-state index is 13.4. The van der Waals surface area contributed by atoms with Crippen molar-refractivity contribution in [1.29, 1.82) is 0 Å². The van der Waals surface area contributed by atoms with Gasteiger partial charge in [0.05, 0.1) is 5.41 Å². The molecule has 0 unspecified atom stereocenters. The van der Waals surface area contributed by atoms with Gasteiger partial charge in [-0.3, -0.25) is 4.79 Å². The number of nitrogens with one attached hydrogen (secondary N) is 1. The van der Waals surface area contributed by atoms with Crippen LogP contribution in [0.1, 0.15) is 36.2 Å². The predicted molar refractivity (Wildman–Crippen MR) is 114 cm³/mol. The van der Waals surface area contributed by atoms with Gasteiger partial charge in [-0.1, -0.05) is 18.2 Å². The zero-order chi connectivity index (χ0) is 20.0. The fraction of sp³-hybridized carbons (Fsp3) is 0.435. The van der Waals surface area contributed by atoms with Crippen molar-refractivity contribution in [2.45, 2.75) is 39.7 Å². The number of aryl methyl sites for hydroxylation is 2. The van der Waals surface area contributed by atoms with Crippen LogP contribution in [0, 0.1) is 19.3 Å². The van der Waals surface area contributed by atoms with Crippen LogP contribution in [0.25, 0.3) is 10.9 Å². The Labute approximate surface area is 171 Å². The number of hydrogen-bond acceptors (Lipinski definition) is 4. The van der Waals surface area contributed by atoms with Gasteiger partial charge in [0.15, 0.2) is 0 Å². The van der Waals surface area contributed by atoms with Crippen molar-refractivity contribution < 1.29 is 4.79 Å². The topological polar surface area (TPSA) is 65.1 Å². The molecule has 0 atom stereocenters. The predicted octanol–water partition coefficient (Wildman–Crippen LogP) is 3.59. The van der Waals surface area contributed by atoms with E-state index >= 15 is 0 Å². The van der Waals surface area contributed by atoms with Gasteiger partial charge < -0.3 is 14.8 Å². The Morgan fingerprint density at radius 2 is 1.72 bits per heavy atom. The molecule has 2 saturated heterocycles. The molecule has 1 spiro atoms. The van der Waals surface area contributed by atoms with Crippen molar-refractivity contribution in [3.63, 3.8) is 0 Å². The van der Waals surface area contributed by atoms with Crippen LogP contribution in [0.2, 0.25) is 0 Å². The third kappa shape index (κ3) is 3.16. The zero-order valence-electron chi connectivity index (χ0n) is 17.1. The number of benzene rings is 1. The van der Waals surface area contributed by atoms with Gasteiger partial charge in [-0.05, 0) is 50.8 Å². The molecule has 0 saturated carbocycles. The van der Waals surface area contributed by atoms with Crippen LogP contribution >= 0.6 is 0 Å². The summed E-state index contributed by atoms with van der Waals surface area (Å²) in [4.78, 5) is 30.2. The van der Waals surface area contributed by atoms with Crippen molar-refractivity contribution in [3.8, 4) is 0 Å². The van der Waals surface area contributed by atoms with Gasteiger partial charge in [0, 0.05) is 54.7 Å². The van der Waals surface area contributed by atoms with Gasteiger partial charge in [-0.15, -0.1) is 0 Å². The number of anilines is 1. The smallest absolute Gasteiger partial charge is 0.229 e. The van der Waals surface area contributed by atoms with E-state index in [1.807, 2.05) is 32.2 Å². The SMILES string of the molecule is Cc1cc(C)nc(N2CCC3(CCN(Cc4c[nH]c5ccccc45)C3=O)CC2)n1. The number of aromatic nitrogens is 3. The third-order valence-corrected chi connectivity index (χ3v) is 6.61. The van der Waals surface area contributed by atoms with E-state index < -0.39 is 0 Å². The largest absolute Gasteiger partial charge is 0.361 e. The number of likely N-dealkylation sites (tertiary alicyclic amines) is 1. The second-order valence-electron chi connectivity index (χ2n) is 8.55. The quantitative estimate of drug-likeness (QED) is 0.743. The summed E-state index contributed by atoms with van der Waals surface area (Å²) in [6.45, 7) is 7.23. The Balaban J connectivity index is 1.29. The van der Waals surface area contributed by atoms with E-state index in [-0.39, 0.29) is 5.41 Å². The maximum atomic E-state index is 13.4. The molecule has 150 valence electrons. The molecule has 2 aliphatic rings. The monoisotopic (exact) mass is 389 g/mol. The van der Waals surface area contributed by atoms with Crippen molar-refractivity contribution >= 4 is 22.8 Å². The Hall–Kier alpha value is -2.89. The number of piperidine rings is 1. The minimum absolute atomic E-state index is 0.207. The van der Waals surface area contributed by atoms with Crippen molar-refractivity contribution in [2.75, 3.05) is 24.5 Å². The molecule has 0 aliphatic carbocycles. The Morgan fingerprint density at radius 3 is 2.48 bits per heavy atom. The third-order valence-electron chi connectivity index (χ3n) is 6.61. The summed E-state index contributed by atoms with van der Waals surface area (Å²) in [5.41, 5.74) is 4.11. The summed E-state index contributed by atoms with van der Waals surface area (Å²) in [6.07, 6.45) is 4.76. The summed E-state index contributed by atoms with van der Waals surface area (Å²) < 4.78 is 0. The van der Waals surface area contributed by atoms with E-state index in [9.17, 15) is 4.79 Å². The van der Waals surface area contributed by atoms with Crippen LogP contribution in [0.15, 0.2) is 36.5 Å². The molecular formula is C23H27N5O. The summed E-state index contributed by atoms with van der Waals surface area (Å²) in [5, 5.41) is 1.21. The van der Waals surface area contributed by atoms with E-state index in [1.54, 1.807) is 0 Å². The van der Waals surface area contributed by atoms with Crippen LogP contribution in [0.5, 0.6) is 0 Å². The lowest BCUT2D eigenvalue weighted by atomic mass is 9.77. The number of hydrogen-bond donors (Lipinski definition) is 1.